The number of carbonyl (C=O) groups excluding carboxylic acids is 2. The average Bonchev–Trinajstić information content (AvgIpc) is 3.23. The lowest BCUT2D eigenvalue weighted by atomic mass is 9.99. The zero-order valence-electron chi connectivity index (χ0n) is 18.2. The van der Waals surface area contributed by atoms with Crippen molar-refractivity contribution in [1.29, 1.82) is 0 Å². The van der Waals surface area contributed by atoms with E-state index in [2.05, 4.69) is 20.8 Å². The highest BCUT2D eigenvalue weighted by Gasteiger charge is 2.33. The molecule has 168 valence electrons. The first kappa shape index (κ1) is 22.6. The van der Waals surface area contributed by atoms with Crippen LogP contribution in [0.1, 0.15) is 24.2 Å². The Morgan fingerprint density at radius 1 is 1.42 bits per heavy atom. The smallest absolute Gasteiger partial charge is 0.258 e. The van der Waals surface area contributed by atoms with Crippen molar-refractivity contribution in [2.24, 2.45) is 5.92 Å². The molecule has 0 bridgehead atoms. The van der Waals surface area contributed by atoms with E-state index in [0.29, 0.717) is 30.1 Å². The minimum Gasteiger partial charge on any atom is -0.488 e. The third kappa shape index (κ3) is 5.56. The third-order valence-electron chi connectivity index (χ3n) is 5.19. The number of benzene rings is 1. The topological polar surface area (TPSA) is 126 Å². The quantitative estimate of drug-likeness (QED) is 0.632. The van der Waals surface area contributed by atoms with Crippen LogP contribution in [0.4, 0.5) is 5.69 Å². The molecular formula is C20H29N7O4. The number of anilines is 1. The molecule has 31 heavy (non-hydrogen) atoms. The lowest BCUT2D eigenvalue weighted by Gasteiger charge is -2.37. The average molecular weight is 431 g/mol. The highest BCUT2D eigenvalue weighted by atomic mass is 16.5. The van der Waals surface area contributed by atoms with Crippen molar-refractivity contribution in [3.8, 4) is 5.75 Å². The van der Waals surface area contributed by atoms with Gasteiger partial charge in [0.1, 0.15) is 24.7 Å². The van der Waals surface area contributed by atoms with Gasteiger partial charge < -0.3 is 25.0 Å². The zero-order chi connectivity index (χ0) is 22.5. The molecule has 0 saturated heterocycles. The highest BCUT2D eigenvalue weighted by molar-refractivity contribution is 5.99. The number of tetrazole rings is 1. The summed E-state index contributed by atoms with van der Waals surface area (Å²) in [6, 6.07) is 4.65. The first-order valence-corrected chi connectivity index (χ1v) is 10.2. The number of fused-ring (bicyclic) bond motifs is 1. The van der Waals surface area contributed by atoms with E-state index in [1.807, 2.05) is 32.8 Å². The number of aliphatic hydroxyl groups is 1. The number of rotatable bonds is 7. The standard InChI is InChI=1S/C20H29N7O4/c1-13-8-27(14(2)11-28)20(30)16-7-15(22-19(29)10-26-12-21-23-24-26)5-6-17(16)31-18(13)9-25(3)4/h5-7,12-14,18,28H,8-11H2,1-4H3,(H,22,29)/t13-,14-,18-/m0/s1. The van der Waals surface area contributed by atoms with E-state index in [9.17, 15) is 14.7 Å². The molecule has 0 saturated carbocycles. The van der Waals surface area contributed by atoms with Crippen LogP contribution in [0.15, 0.2) is 24.5 Å². The van der Waals surface area contributed by atoms with Gasteiger partial charge in [0, 0.05) is 24.7 Å². The zero-order valence-corrected chi connectivity index (χ0v) is 18.2. The fraction of sp³-hybridized carbons (Fsp3) is 0.550. The number of amides is 2. The first-order chi connectivity index (χ1) is 14.8. The number of ether oxygens (including phenoxy) is 1. The van der Waals surface area contributed by atoms with E-state index in [0.717, 1.165) is 0 Å². The summed E-state index contributed by atoms with van der Waals surface area (Å²) in [4.78, 5) is 29.3. The summed E-state index contributed by atoms with van der Waals surface area (Å²) in [6.07, 6.45) is 1.20. The Morgan fingerprint density at radius 2 is 2.19 bits per heavy atom. The van der Waals surface area contributed by atoms with E-state index >= 15 is 0 Å². The molecule has 11 nitrogen and oxygen atoms in total. The van der Waals surface area contributed by atoms with Crippen molar-refractivity contribution in [1.82, 2.24) is 30.0 Å². The summed E-state index contributed by atoms with van der Waals surface area (Å²) >= 11 is 0. The van der Waals surface area contributed by atoms with Crippen LogP contribution in [-0.2, 0) is 11.3 Å². The maximum atomic E-state index is 13.3. The number of hydrogen-bond donors (Lipinski definition) is 2. The van der Waals surface area contributed by atoms with Crippen LogP contribution in [-0.4, -0.2) is 92.9 Å². The Bertz CT molecular complexity index is 903. The van der Waals surface area contributed by atoms with Crippen molar-refractivity contribution in [3.05, 3.63) is 30.1 Å². The van der Waals surface area contributed by atoms with Gasteiger partial charge in [0.2, 0.25) is 5.91 Å². The summed E-state index contributed by atoms with van der Waals surface area (Å²) in [6.45, 7) is 4.79. The van der Waals surface area contributed by atoms with Crippen LogP contribution in [0.25, 0.3) is 0 Å². The van der Waals surface area contributed by atoms with E-state index < -0.39 is 0 Å². The fourth-order valence-corrected chi connectivity index (χ4v) is 3.48. The second-order valence-corrected chi connectivity index (χ2v) is 8.15. The maximum Gasteiger partial charge on any atom is 0.258 e. The number of nitrogens with zero attached hydrogens (tertiary/aromatic N) is 6. The van der Waals surface area contributed by atoms with E-state index in [1.165, 1.54) is 11.0 Å². The van der Waals surface area contributed by atoms with Gasteiger partial charge in [0.05, 0.1) is 18.2 Å². The molecule has 3 rings (SSSR count). The Morgan fingerprint density at radius 3 is 2.84 bits per heavy atom. The van der Waals surface area contributed by atoms with Crippen LogP contribution in [0, 0.1) is 5.92 Å². The van der Waals surface area contributed by atoms with E-state index in [1.54, 1.807) is 23.1 Å². The van der Waals surface area contributed by atoms with Crippen molar-refractivity contribution in [2.75, 3.05) is 39.1 Å². The second-order valence-electron chi connectivity index (χ2n) is 8.15. The lowest BCUT2D eigenvalue weighted by molar-refractivity contribution is -0.116. The Labute approximate surface area is 181 Å². The van der Waals surface area contributed by atoms with Crippen molar-refractivity contribution >= 4 is 17.5 Å². The Hall–Kier alpha value is -3.05. The van der Waals surface area contributed by atoms with Gasteiger partial charge in [-0.05, 0) is 49.6 Å². The van der Waals surface area contributed by atoms with Crippen LogP contribution >= 0.6 is 0 Å². The minimum atomic E-state index is -0.348. The molecule has 1 aromatic heterocycles. The van der Waals surface area contributed by atoms with Gasteiger partial charge in [-0.1, -0.05) is 6.92 Å². The lowest BCUT2D eigenvalue weighted by Crippen LogP contribution is -2.49. The molecule has 0 spiro atoms. The molecule has 1 aliphatic rings. The largest absolute Gasteiger partial charge is 0.488 e. The molecule has 1 aromatic carbocycles. The molecule has 11 heteroatoms. The number of aliphatic hydroxyl groups excluding tert-OH is 1. The van der Waals surface area contributed by atoms with Crippen LogP contribution in [0.5, 0.6) is 5.75 Å². The summed E-state index contributed by atoms with van der Waals surface area (Å²) in [5.41, 5.74) is 0.805. The molecule has 2 aromatic rings. The van der Waals surface area contributed by atoms with Crippen molar-refractivity contribution < 1.29 is 19.4 Å². The molecule has 0 aliphatic carbocycles. The predicted molar refractivity (Wildman–Crippen MR) is 113 cm³/mol. The Kier molecular flexibility index (Phi) is 7.18. The van der Waals surface area contributed by atoms with Crippen molar-refractivity contribution in [3.63, 3.8) is 0 Å². The van der Waals surface area contributed by atoms with Gasteiger partial charge in [-0.25, -0.2) is 4.68 Å². The summed E-state index contributed by atoms with van der Waals surface area (Å²) in [5, 5.41) is 23.1. The minimum absolute atomic E-state index is 0.0510. The van der Waals surface area contributed by atoms with Gasteiger partial charge in [-0.15, -0.1) is 5.10 Å². The van der Waals surface area contributed by atoms with Crippen molar-refractivity contribution in [2.45, 2.75) is 32.5 Å². The monoisotopic (exact) mass is 431 g/mol. The van der Waals surface area contributed by atoms with Crippen LogP contribution < -0.4 is 10.1 Å². The normalized spacial score (nSPS) is 19.9. The molecular weight excluding hydrogens is 402 g/mol. The summed E-state index contributed by atoms with van der Waals surface area (Å²) in [5.74, 6) is -0.0596. The van der Waals surface area contributed by atoms with E-state index in [4.69, 9.17) is 4.74 Å². The first-order valence-electron chi connectivity index (χ1n) is 10.2. The second kappa shape index (κ2) is 9.84. The molecule has 0 fully saturated rings. The number of aromatic nitrogens is 4. The number of nitrogens with one attached hydrogen (secondary N) is 1. The molecule has 2 heterocycles. The molecule has 0 unspecified atom stereocenters. The van der Waals surface area contributed by atoms with Gasteiger partial charge in [0.15, 0.2) is 0 Å². The van der Waals surface area contributed by atoms with E-state index in [-0.39, 0.29) is 43.0 Å². The number of hydrogen-bond acceptors (Lipinski definition) is 8. The van der Waals surface area contributed by atoms with Gasteiger partial charge in [-0.2, -0.15) is 0 Å². The SMILES string of the molecule is C[C@H]1CN([C@@H](C)CO)C(=O)c2cc(NC(=O)Cn3cnnn3)ccc2O[C@H]1CN(C)C. The molecule has 2 amide bonds. The molecule has 2 N–H and O–H groups in total. The summed E-state index contributed by atoms with van der Waals surface area (Å²) in [7, 11) is 3.94. The molecule has 1 aliphatic heterocycles. The van der Waals surface area contributed by atoms with Gasteiger partial charge in [-0.3, -0.25) is 9.59 Å². The van der Waals surface area contributed by atoms with Crippen LogP contribution in [0.2, 0.25) is 0 Å². The predicted octanol–water partition coefficient (Wildman–Crippen LogP) is 0.0935. The molecule has 3 atom stereocenters. The fourth-order valence-electron chi connectivity index (χ4n) is 3.48. The van der Waals surface area contributed by atoms with Gasteiger partial charge >= 0.3 is 0 Å². The Balaban J connectivity index is 1.90. The maximum absolute atomic E-state index is 13.3. The summed E-state index contributed by atoms with van der Waals surface area (Å²) < 4.78 is 7.54. The van der Waals surface area contributed by atoms with Crippen LogP contribution in [0.3, 0.4) is 0 Å². The van der Waals surface area contributed by atoms with Gasteiger partial charge in [0.25, 0.3) is 5.91 Å². The molecule has 0 radical (unpaired) electrons. The third-order valence-corrected chi connectivity index (χ3v) is 5.19. The highest BCUT2D eigenvalue weighted by Crippen LogP contribution is 2.30. The number of likely N-dealkylation sites (N-methyl/N-ethyl adjacent to an activating group) is 1. The number of carbonyl (C=O) groups is 2.